The molecule has 0 spiro atoms. The Hall–Kier alpha value is -1.81. The number of hydrogen-bond acceptors (Lipinski definition) is 3. The van der Waals surface area contributed by atoms with Crippen molar-refractivity contribution in [3.8, 4) is 5.75 Å². The van der Waals surface area contributed by atoms with Crippen molar-refractivity contribution in [3.05, 3.63) is 46.8 Å². The second-order valence-corrected chi connectivity index (χ2v) is 5.77. The van der Waals surface area contributed by atoms with Crippen LogP contribution in [0.1, 0.15) is 42.3 Å². The van der Waals surface area contributed by atoms with E-state index in [-0.39, 0.29) is 0 Å². The van der Waals surface area contributed by atoms with Gasteiger partial charge in [0, 0.05) is 12.2 Å². The fraction of sp³-hybridized carbons (Fsp3) is 0.471. The highest BCUT2D eigenvalue weighted by Gasteiger charge is 2.08. The van der Waals surface area contributed by atoms with E-state index in [1.54, 1.807) is 0 Å². The lowest BCUT2D eigenvalue weighted by atomic mass is 10.0. The van der Waals surface area contributed by atoms with Crippen molar-refractivity contribution in [1.29, 1.82) is 0 Å². The first-order valence-corrected chi connectivity index (χ1v) is 7.48. The van der Waals surface area contributed by atoms with Gasteiger partial charge in [0.25, 0.3) is 0 Å². The lowest BCUT2D eigenvalue weighted by Gasteiger charge is -2.13. The molecule has 1 aromatic carbocycles. The molecule has 0 aliphatic carbocycles. The van der Waals surface area contributed by atoms with Crippen LogP contribution in [-0.4, -0.2) is 16.3 Å². The first-order chi connectivity index (χ1) is 10.0. The van der Waals surface area contributed by atoms with Crippen LogP contribution in [0.3, 0.4) is 0 Å². The zero-order chi connectivity index (χ0) is 15.4. The van der Waals surface area contributed by atoms with Crippen molar-refractivity contribution in [2.24, 2.45) is 5.73 Å². The third-order valence-electron chi connectivity index (χ3n) is 3.51. The lowest BCUT2D eigenvalue weighted by Crippen LogP contribution is -2.06. The van der Waals surface area contributed by atoms with Gasteiger partial charge in [-0.25, -0.2) is 0 Å². The van der Waals surface area contributed by atoms with E-state index in [0.29, 0.717) is 19.2 Å². The van der Waals surface area contributed by atoms with E-state index in [1.165, 1.54) is 5.56 Å². The summed E-state index contributed by atoms with van der Waals surface area (Å²) in [5.74, 6) is 0.954. The molecule has 0 saturated carbocycles. The molecular formula is C17H25N3O. The normalized spacial score (nSPS) is 11.1. The van der Waals surface area contributed by atoms with Gasteiger partial charge in [-0.05, 0) is 63.4 Å². The van der Waals surface area contributed by atoms with Gasteiger partial charge in [0.1, 0.15) is 12.4 Å². The summed E-state index contributed by atoms with van der Waals surface area (Å²) in [5.41, 5.74) is 10.1. The minimum Gasteiger partial charge on any atom is -0.487 e. The van der Waals surface area contributed by atoms with E-state index < -0.39 is 0 Å². The number of nitrogens with two attached hydrogens (primary N) is 1. The van der Waals surface area contributed by atoms with E-state index in [9.17, 15) is 0 Å². The first-order valence-electron chi connectivity index (χ1n) is 7.48. The smallest absolute Gasteiger partial charge is 0.132 e. The molecule has 0 atom stereocenters. The zero-order valence-electron chi connectivity index (χ0n) is 13.4. The Bertz CT molecular complexity index is 579. The summed E-state index contributed by atoms with van der Waals surface area (Å²) in [5, 5.41) is 4.51. The highest BCUT2D eigenvalue weighted by Crippen LogP contribution is 2.25. The van der Waals surface area contributed by atoms with Crippen LogP contribution >= 0.6 is 0 Å². The molecule has 1 heterocycles. The van der Waals surface area contributed by atoms with Crippen LogP contribution in [0, 0.1) is 13.8 Å². The van der Waals surface area contributed by atoms with Crippen molar-refractivity contribution in [2.75, 3.05) is 6.54 Å². The van der Waals surface area contributed by atoms with Gasteiger partial charge in [0.15, 0.2) is 0 Å². The predicted molar refractivity (Wildman–Crippen MR) is 85.6 cm³/mol. The number of hydrogen-bond donors (Lipinski definition) is 1. The average molecular weight is 287 g/mol. The minimum atomic E-state index is 0.373. The summed E-state index contributed by atoms with van der Waals surface area (Å²) < 4.78 is 7.92. The SMILES string of the molecule is Cc1cc(CCN)cc(C)c1OCc1ccn(C(C)C)n1. The van der Waals surface area contributed by atoms with Gasteiger partial charge in [-0.3, -0.25) is 4.68 Å². The maximum atomic E-state index is 5.97. The Morgan fingerprint density at radius 1 is 1.24 bits per heavy atom. The van der Waals surface area contributed by atoms with Crippen molar-refractivity contribution >= 4 is 0 Å². The maximum Gasteiger partial charge on any atom is 0.132 e. The molecule has 0 radical (unpaired) electrons. The number of nitrogens with zero attached hydrogens (tertiary/aromatic N) is 2. The van der Waals surface area contributed by atoms with Crippen LogP contribution in [0.4, 0.5) is 0 Å². The molecule has 114 valence electrons. The Morgan fingerprint density at radius 3 is 2.43 bits per heavy atom. The highest BCUT2D eigenvalue weighted by atomic mass is 16.5. The van der Waals surface area contributed by atoms with Gasteiger partial charge in [-0.15, -0.1) is 0 Å². The third-order valence-corrected chi connectivity index (χ3v) is 3.51. The summed E-state index contributed by atoms with van der Waals surface area (Å²) in [7, 11) is 0. The molecule has 21 heavy (non-hydrogen) atoms. The maximum absolute atomic E-state index is 5.97. The fourth-order valence-corrected chi connectivity index (χ4v) is 2.47. The van der Waals surface area contributed by atoms with Crippen LogP contribution in [0.25, 0.3) is 0 Å². The Balaban J connectivity index is 2.08. The quantitative estimate of drug-likeness (QED) is 0.888. The number of ether oxygens (including phenoxy) is 1. The van der Waals surface area contributed by atoms with E-state index in [2.05, 4.69) is 44.9 Å². The second kappa shape index (κ2) is 6.76. The van der Waals surface area contributed by atoms with E-state index in [4.69, 9.17) is 10.5 Å². The predicted octanol–water partition coefficient (Wildman–Crippen LogP) is 3.16. The van der Waals surface area contributed by atoms with Gasteiger partial charge in [0.05, 0.1) is 5.69 Å². The summed E-state index contributed by atoms with van der Waals surface area (Å²) in [4.78, 5) is 0. The molecule has 0 bridgehead atoms. The summed E-state index contributed by atoms with van der Waals surface area (Å²) in [6.07, 6.45) is 2.90. The van der Waals surface area contributed by atoms with Crippen LogP contribution in [-0.2, 0) is 13.0 Å². The van der Waals surface area contributed by atoms with Crippen molar-refractivity contribution in [2.45, 2.75) is 46.8 Å². The zero-order valence-corrected chi connectivity index (χ0v) is 13.4. The van der Waals surface area contributed by atoms with Gasteiger partial charge in [0.2, 0.25) is 0 Å². The molecular weight excluding hydrogens is 262 g/mol. The molecule has 0 aliphatic heterocycles. The van der Waals surface area contributed by atoms with E-state index >= 15 is 0 Å². The van der Waals surface area contributed by atoms with Crippen LogP contribution in [0.5, 0.6) is 5.75 Å². The van der Waals surface area contributed by atoms with Crippen LogP contribution in [0.15, 0.2) is 24.4 Å². The Labute approximate surface area is 126 Å². The van der Waals surface area contributed by atoms with Crippen molar-refractivity contribution in [1.82, 2.24) is 9.78 Å². The molecule has 4 nitrogen and oxygen atoms in total. The number of benzene rings is 1. The third kappa shape index (κ3) is 3.85. The standard InChI is InChI=1S/C17H25N3O/c1-12(2)20-8-6-16(19-20)11-21-17-13(3)9-15(5-7-18)10-14(17)4/h6,8-10,12H,5,7,11,18H2,1-4H3. The molecule has 2 aromatic rings. The van der Waals surface area contributed by atoms with E-state index in [0.717, 1.165) is 29.0 Å². The fourth-order valence-electron chi connectivity index (χ4n) is 2.47. The minimum absolute atomic E-state index is 0.373. The molecule has 0 amide bonds. The molecule has 0 unspecified atom stereocenters. The van der Waals surface area contributed by atoms with Crippen molar-refractivity contribution < 1.29 is 4.74 Å². The van der Waals surface area contributed by atoms with Crippen LogP contribution in [0.2, 0.25) is 0 Å². The largest absolute Gasteiger partial charge is 0.487 e. The second-order valence-electron chi connectivity index (χ2n) is 5.77. The van der Waals surface area contributed by atoms with Gasteiger partial charge < -0.3 is 10.5 Å². The monoisotopic (exact) mass is 287 g/mol. The highest BCUT2D eigenvalue weighted by molar-refractivity contribution is 5.43. The van der Waals surface area contributed by atoms with E-state index in [1.807, 2.05) is 16.9 Å². The van der Waals surface area contributed by atoms with Gasteiger partial charge >= 0.3 is 0 Å². The molecule has 0 fully saturated rings. The topological polar surface area (TPSA) is 53.1 Å². The van der Waals surface area contributed by atoms with Crippen LogP contribution < -0.4 is 10.5 Å². The molecule has 1 aromatic heterocycles. The van der Waals surface area contributed by atoms with Gasteiger partial charge in [-0.2, -0.15) is 5.10 Å². The summed E-state index contributed by atoms with van der Waals surface area (Å²) in [6.45, 7) is 9.55. The Kier molecular flexibility index (Phi) is 5.02. The first kappa shape index (κ1) is 15.6. The number of aryl methyl sites for hydroxylation is 2. The molecule has 4 heteroatoms. The van der Waals surface area contributed by atoms with Crippen molar-refractivity contribution in [3.63, 3.8) is 0 Å². The molecule has 2 rings (SSSR count). The van der Waals surface area contributed by atoms with Gasteiger partial charge in [-0.1, -0.05) is 12.1 Å². The number of aromatic nitrogens is 2. The lowest BCUT2D eigenvalue weighted by molar-refractivity contribution is 0.294. The molecule has 0 saturated heterocycles. The summed E-state index contributed by atoms with van der Waals surface area (Å²) >= 11 is 0. The molecule has 0 aliphatic rings. The average Bonchev–Trinajstić information content (AvgIpc) is 2.87. The summed E-state index contributed by atoms with van der Waals surface area (Å²) in [6, 6.07) is 6.69. The number of rotatable bonds is 6. The molecule has 2 N–H and O–H groups in total. The Morgan fingerprint density at radius 2 is 1.90 bits per heavy atom.